The van der Waals surface area contributed by atoms with E-state index in [1.165, 1.54) is 6.08 Å². The van der Waals surface area contributed by atoms with E-state index >= 15 is 0 Å². The number of hydrogen-bond donors (Lipinski definition) is 0. The molecular formula is C12H13N3O. The third-order valence-electron chi connectivity index (χ3n) is 2.47. The highest BCUT2D eigenvalue weighted by Gasteiger charge is 2.11. The van der Waals surface area contributed by atoms with Crippen molar-refractivity contribution in [2.24, 2.45) is 0 Å². The second-order valence-electron chi connectivity index (χ2n) is 3.54. The van der Waals surface area contributed by atoms with Gasteiger partial charge in [-0.2, -0.15) is 5.26 Å². The molecule has 1 aliphatic rings. The number of nitrogens with zero attached hydrogens (tertiary/aromatic N) is 3. The van der Waals surface area contributed by atoms with E-state index in [4.69, 9.17) is 10.00 Å². The van der Waals surface area contributed by atoms with Gasteiger partial charge >= 0.3 is 0 Å². The summed E-state index contributed by atoms with van der Waals surface area (Å²) in [5.41, 5.74) is 2.04. The molecule has 0 atom stereocenters. The second-order valence-corrected chi connectivity index (χ2v) is 3.54. The van der Waals surface area contributed by atoms with Gasteiger partial charge in [-0.05, 0) is 17.7 Å². The minimum absolute atomic E-state index is 0.762. The fraction of sp³-hybridized carbons (Fsp3) is 0.333. The Morgan fingerprint density at radius 1 is 1.38 bits per heavy atom. The van der Waals surface area contributed by atoms with E-state index in [-0.39, 0.29) is 0 Å². The lowest BCUT2D eigenvalue weighted by Crippen LogP contribution is -2.36. The number of morpholine rings is 1. The van der Waals surface area contributed by atoms with Crippen LogP contribution in [0.2, 0.25) is 0 Å². The minimum Gasteiger partial charge on any atom is -0.378 e. The van der Waals surface area contributed by atoms with Crippen molar-refractivity contribution in [2.45, 2.75) is 0 Å². The first kappa shape index (κ1) is 10.7. The van der Waals surface area contributed by atoms with Crippen LogP contribution in [0.25, 0.3) is 6.08 Å². The Kier molecular flexibility index (Phi) is 3.52. The number of ether oxygens (including phenoxy) is 1. The predicted octanol–water partition coefficient (Wildman–Crippen LogP) is 1.45. The molecule has 0 N–H and O–H groups in total. The first-order valence-corrected chi connectivity index (χ1v) is 5.24. The summed E-state index contributed by atoms with van der Waals surface area (Å²) >= 11 is 0. The van der Waals surface area contributed by atoms with Gasteiger partial charge in [-0.15, -0.1) is 0 Å². The Balaban J connectivity index is 2.15. The van der Waals surface area contributed by atoms with E-state index in [1.54, 1.807) is 12.3 Å². The molecule has 1 aromatic heterocycles. The molecule has 0 saturated carbocycles. The maximum absolute atomic E-state index is 8.46. The average molecular weight is 215 g/mol. The summed E-state index contributed by atoms with van der Waals surface area (Å²) in [5, 5.41) is 8.46. The third-order valence-corrected chi connectivity index (χ3v) is 2.47. The number of hydrogen-bond acceptors (Lipinski definition) is 4. The Morgan fingerprint density at radius 2 is 2.19 bits per heavy atom. The lowest BCUT2D eigenvalue weighted by molar-refractivity contribution is 0.122. The van der Waals surface area contributed by atoms with Crippen molar-refractivity contribution in [1.29, 1.82) is 5.26 Å². The maximum atomic E-state index is 8.46. The predicted molar refractivity (Wildman–Crippen MR) is 61.9 cm³/mol. The van der Waals surface area contributed by atoms with E-state index in [0.717, 1.165) is 37.6 Å². The van der Waals surface area contributed by atoms with Crippen LogP contribution in [0.4, 0.5) is 5.69 Å². The first-order chi connectivity index (χ1) is 7.90. The number of aromatic nitrogens is 1. The molecule has 0 spiro atoms. The van der Waals surface area contributed by atoms with Gasteiger partial charge in [0.05, 0.1) is 31.2 Å². The summed E-state index contributed by atoms with van der Waals surface area (Å²) in [5.74, 6) is 0. The highest BCUT2D eigenvalue weighted by molar-refractivity contribution is 5.57. The highest BCUT2D eigenvalue weighted by atomic mass is 16.5. The summed E-state index contributed by atoms with van der Waals surface area (Å²) in [6, 6.07) is 4.01. The molecule has 4 heteroatoms. The van der Waals surface area contributed by atoms with E-state index in [2.05, 4.69) is 9.88 Å². The van der Waals surface area contributed by atoms with Crippen LogP contribution in [-0.2, 0) is 4.74 Å². The topological polar surface area (TPSA) is 49.2 Å². The molecule has 0 amide bonds. The molecule has 1 saturated heterocycles. The number of rotatable bonds is 2. The largest absolute Gasteiger partial charge is 0.378 e. The molecule has 16 heavy (non-hydrogen) atoms. The lowest BCUT2D eigenvalue weighted by Gasteiger charge is -2.28. The van der Waals surface area contributed by atoms with Gasteiger partial charge in [0.15, 0.2) is 0 Å². The van der Waals surface area contributed by atoms with E-state index in [9.17, 15) is 0 Å². The van der Waals surface area contributed by atoms with Crippen molar-refractivity contribution in [3.63, 3.8) is 0 Å². The van der Waals surface area contributed by atoms with Crippen LogP contribution in [0.5, 0.6) is 0 Å². The van der Waals surface area contributed by atoms with Gasteiger partial charge in [-0.25, -0.2) is 0 Å². The second kappa shape index (κ2) is 5.29. The Bertz CT molecular complexity index is 417. The van der Waals surface area contributed by atoms with Crippen LogP contribution in [0.1, 0.15) is 5.56 Å². The zero-order chi connectivity index (χ0) is 11.2. The fourth-order valence-electron chi connectivity index (χ4n) is 1.66. The van der Waals surface area contributed by atoms with Gasteiger partial charge in [0, 0.05) is 25.4 Å². The summed E-state index contributed by atoms with van der Waals surface area (Å²) in [7, 11) is 0. The molecule has 0 unspecified atom stereocenters. The van der Waals surface area contributed by atoms with Crippen molar-refractivity contribution >= 4 is 11.8 Å². The number of pyridine rings is 1. The summed E-state index contributed by atoms with van der Waals surface area (Å²) in [6.07, 6.45) is 6.81. The molecule has 2 rings (SSSR count). The van der Waals surface area contributed by atoms with E-state index < -0.39 is 0 Å². The van der Waals surface area contributed by atoms with Crippen LogP contribution in [0.15, 0.2) is 24.5 Å². The molecule has 0 aromatic carbocycles. The average Bonchev–Trinajstić information content (AvgIpc) is 2.38. The molecule has 1 aromatic rings. The van der Waals surface area contributed by atoms with Crippen molar-refractivity contribution in [2.75, 3.05) is 31.2 Å². The van der Waals surface area contributed by atoms with Crippen LogP contribution in [-0.4, -0.2) is 31.3 Å². The quantitative estimate of drug-likeness (QED) is 0.701. The summed E-state index contributed by atoms with van der Waals surface area (Å²) < 4.78 is 5.30. The Hall–Kier alpha value is -1.86. The van der Waals surface area contributed by atoms with Gasteiger partial charge in [-0.1, -0.05) is 0 Å². The number of anilines is 1. The Morgan fingerprint density at radius 3 is 2.94 bits per heavy atom. The molecule has 1 fully saturated rings. The van der Waals surface area contributed by atoms with Gasteiger partial charge in [0.25, 0.3) is 0 Å². The molecule has 1 aliphatic heterocycles. The van der Waals surface area contributed by atoms with Gasteiger partial charge < -0.3 is 9.64 Å². The van der Waals surface area contributed by atoms with Crippen molar-refractivity contribution in [1.82, 2.24) is 4.98 Å². The standard InChI is InChI=1S/C12H13N3O/c13-3-1-2-11-8-12(10-14-9-11)15-4-6-16-7-5-15/h1-2,8-10H,4-7H2/b2-1-. The van der Waals surface area contributed by atoms with Crippen LogP contribution >= 0.6 is 0 Å². The highest BCUT2D eigenvalue weighted by Crippen LogP contribution is 2.16. The van der Waals surface area contributed by atoms with Crippen LogP contribution in [0.3, 0.4) is 0 Å². The van der Waals surface area contributed by atoms with E-state index in [0.29, 0.717) is 0 Å². The molecule has 4 nitrogen and oxygen atoms in total. The zero-order valence-corrected chi connectivity index (χ0v) is 8.97. The molecule has 2 heterocycles. The number of allylic oxidation sites excluding steroid dienone is 1. The maximum Gasteiger partial charge on any atom is 0.0912 e. The van der Waals surface area contributed by atoms with Crippen molar-refractivity contribution in [3.8, 4) is 6.07 Å². The van der Waals surface area contributed by atoms with Crippen LogP contribution in [0, 0.1) is 11.3 Å². The zero-order valence-electron chi connectivity index (χ0n) is 8.97. The first-order valence-electron chi connectivity index (χ1n) is 5.24. The monoisotopic (exact) mass is 215 g/mol. The number of nitriles is 1. The minimum atomic E-state index is 0.762. The molecular weight excluding hydrogens is 202 g/mol. The van der Waals surface area contributed by atoms with Gasteiger partial charge in [0.2, 0.25) is 0 Å². The summed E-state index contributed by atoms with van der Waals surface area (Å²) in [6.45, 7) is 3.32. The SMILES string of the molecule is N#C/C=C\c1cncc(N2CCOCC2)c1. The molecule has 0 bridgehead atoms. The smallest absolute Gasteiger partial charge is 0.0912 e. The Labute approximate surface area is 94.8 Å². The lowest BCUT2D eigenvalue weighted by atomic mass is 10.2. The molecule has 0 aliphatic carbocycles. The third kappa shape index (κ3) is 2.59. The fourth-order valence-corrected chi connectivity index (χ4v) is 1.66. The van der Waals surface area contributed by atoms with Crippen molar-refractivity contribution in [3.05, 3.63) is 30.1 Å². The van der Waals surface area contributed by atoms with Gasteiger partial charge in [0.1, 0.15) is 0 Å². The molecule has 82 valence electrons. The van der Waals surface area contributed by atoms with Crippen molar-refractivity contribution < 1.29 is 4.74 Å². The molecule has 0 radical (unpaired) electrons. The summed E-state index contributed by atoms with van der Waals surface area (Å²) in [4.78, 5) is 6.41. The normalized spacial score (nSPS) is 16.3. The van der Waals surface area contributed by atoms with Crippen LogP contribution < -0.4 is 4.90 Å². The van der Waals surface area contributed by atoms with E-state index in [1.807, 2.05) is 18.3 Å². The van der Waals surface area contributed by atoms with Gasteiger partial charge in [-0.3, -0.25) is 4.98 Å².